The first-order chi connectivity index (χ1) is 12.5. The van der Waals surface area contributed by atoms with Gasteiger partial charge in [0, 0.05) is 13.1 Å². The number of nitrogens with zero attached hydrogens (tertiary/aromatic N) is 3. The van der Waals surface area contributed by atoms with Crippen molar-refractivity contribution >= 4 is 40.5 Å². The molecule has 0 unspecified atom stereocenters. The first-order valence-corrected chi connectivity index (χ1v) is 9.28. The van der Waals surface area contributed by atoms with Crippen molar-refractivity contribution in [2.45, 2.75) is 32.7 Å². The number of rotatable bonds is 4. The summed E-state index contributed by atoms with van der Waals surface area (Å²) in [6, 6.07) is 5.34. The van der Waals surface area contributed by atoms with Crippen LogP contribution in [0.4, 0.5) is 11.4 Å². The molecule has 1 aromatic heterocycles. The number of para-hydroxylation sites is 1. The van der Waals surface area contributed by atoms with E-state index < -0.39 is 11.5 Å². The first kappa shape index (κ1) is 18.7. The van der Waals surface area contributed by atoms with Crippen LogP contribution in [0, 0.1) is 6.92 Å². The van der Waals surface area contributed by atoms with Crippen molar-refractivity contribution in [3.8, 4) is 0 Å². The van der Waals surface area contributed by atoms with Gasteiger partial charge in [-0.2, -0.15) is 5.10 Å². The van der Waals surface area contributed by atoms with Gasteiger partial charge >= 0.3 is 0 Å². The van der Waals surface area contributed by atoms with Gasteiger partial charge in [0.1, 0.15) is 11.6 Å². The third-order valence-electron chi connectivity index (χ3n) is 4.44. The molecule has 1 aliphatic heterocycles. The summed E-state index contributed by atoms with van der Waals surface area (Å²) in [5, 5.41) is 7.39. The lowest BCUT2D eigenvalue weighted by Gasteiger charge is -2.29. The summed E-state index contributed by atoms with van der Waals surface area (Å²) in [5.74, 6) is -0.391. The highest BCUT2D eigenvalue weighted by Crippen LogP contribution is 2.26. The fraction of sp³-hybridized carbons (Fsp3) is 0.389. The molecule has 1 aliphatic rings. The zero-order chi connectivity index (χ0) is 18.7. The molecule has 138 valence electrons. The molecule has 1 saturated heterocycles. The minimum atomic E-state index is -0.472. The van der Waals surface area contributed by atoms with E-state index >= 15 is 0 Å². The maximum absolute atomic E-state index is 12.5. The summed E-state index contributed by atoms with van der Waals surface area (Å²) in [5.41, 5.74) is 1.53. The Morgan fingerprint density at radius 3 is 2.65 bits per heavy atom. The lowest BCUT2D eigenvalue weighted by atomic mass is 10.1. The number of piperidine rings is 1. The third-order valence-corrected chi connectivity index (χ3v) is 5.11. The molecule has 6 nitrogen and oxygen atoms in total. The van der Waals surface area contributed by atoms with Gasteiger partial charge in [-0.3, -0.25) is 9.59 Å². The summed E-state index contributed by atoms with van der Waals surface area (Å²) in [6.07, 6.45) is 4.88. The van der Waals surface area contributed by atoms with Crippen LogP contribution in [0.5, 0.6) is 0 Å². The maximum atomic E-state index is 12.5. The second-order valence-corrected chi connectivity index (χ2v) is 7.12. The number of anilines is 2. The van der Waals surface area contributed by atoms with E-state index in [1.807, 2.05) is 13.0 Å². The zero-order valence-electron chi connectivity index (χ0n) is 14.5. The molecule has 1 aromatic carbocycles. The maximum Gasteiger partial charge on any atom is 0.288 e. The molecule has 1 amide bonds. The number of hydrogen-bond donors (Lipinski definition) is 1. The second-order valence-electron chi connectivity index (χ2n) is 6.33. The molecule has 1 fully saturated rings. The SMILES string of the molecule is Cc1cccc(Cl)c1NC(=O)Cn1ncc(N2CCCCC2)c(Cl)c1=O. The molecular weight excluding hydrogens is 375 g/mol. The highest BCUT2D eigenvalue weighted by atomic mass is 35.5. The number of benzene rings is 1. The van der Waals surface area contributed by atoms with Crippen molar-refractivity contribution in [3.63, 3.8) is 0 Å². The van der Waals surface area contributed by atoms with Gasteiger partial charge in [0.15, 0.2) is 0 Å². The summed E-state index contributed by atoms with van der Waals surface area (Å²) >= 11 is 12.4. The van der Waals surface area contributed by atoms with Gasteiger partial charge in [0.05, 0.1) is 22.6 Å². The van der Waals surface area contributed by atoms with E-state index in [2.05, 4.69) is 15.3 Å². The molecule has 3 rings (SSSR count). The Morgan fingerprint density at radius 2 is 1.96 bits per heavy atom. The van der Waals surface area contributed by atoms with E-state index in [0.717, 1.165) is 36.2 Å². The number of carbonyl (C=O) groups excluding carboxylic acids is 1. The molecule has 2 heterocycles. The molecule has 0 bridgehead atoms. The van der Waals surface area contributed by atoms with Crippen LogP contribution in [-0.2, 0) is 11.3 Å². The van der Waals surface area contributed by atoms with Crippen molar-refractivity contribution in [3.05, 3.63) is 50.4 Å². The number of amides is 1. The Hall–Kier alpha value is -2.05. The van der Waals surface area contributed by atoms with Crippen LogP contribution in [0.25, 0.3) is 0 Å². The lowest BCUT2D eigenvalue weighted by Crippen LogP contribution is -2.34. The van der Waals surface area contributed by atoms with Crippen molar-refractivity contribution in [2.75, 3.05) is 23.3 Å². The van der Waals surface area contributed by atoms with Crippen LogP contribution in [0.1, 0.15) is 24.8 Å². The van der Waals surface area contributed by atoms with Gasteiger partial charge in [-0.05, 0) is 37.8 Å². The molecule has 0 saturated carbocycles. The Morgan fingerprint density at radius 1 is 1.23 bits per heavy atom. The fourth-order valence-electron chi connectivity index (χ4n) is 3.03. The minimum absolute atomic E-state index is 0.101. The van der Waals surface area contributed by atoms with Gasteiger partial charge in [0.25, 0.3) is 5.56 Å². The van der Waals surface area contributed by atoms with Crippen LogP contribution < -0.4 is 15.8 Å². The lowest BCUT2D eigenvalue weighted by molar-refractivity contribution is -0.117. The van der Waals surface area contributed by atoms with Gasteiger partial charge < -0.3 is 10.2 Å². The van der Waals surface area contributed by atoms with Crippen LogP contribution >= 0.6 is 23.2 Å². The zero-order valence-corrected chi connectivity index (χ0v) is 16.0. The van der Waals surface area contributed by atoms with Crippen molar-refractivity contribution in [1.82, 2.24) is 9.78 Å². The highest BCUT2D eigenvalue weighted by Gasteiger charge is 2.19. The number of nitrogens with one attached hydrogen (secondary N) is 1. The van der Waals surface area contributed by atoms with Crippen molar-refractivity contribution in [2.24, 2.45) is 0 Å². The Bertz CT molecular complexity index is 856. The molecule has 0 aliphatic carbocycles. The second kappa shape index (κ2) is 8.10. The summed E-state index contributed by atoms with van der Waals surface area (Å²) in [6.45, 7) is 3.33. The van der Waals surface area contributed by atoms with E-state index in [9.17, 15) is 9.59 Å². The van der Waals surface area contributed by atoms with Gasteiger partial charge in [-0.1, -0.05) is 35.3 Å². The molecule has 26 heavy (non-hydrogen) atoms. The van der Waals surface area contributed by atoms with E-state index in [1.54, 1.807) is 18.3 Å². The summed E-state index contributed by atoms with van der Waals surface area (Å²) < 4.78 is 1.07. The molecule has 8 heteroatoms. The average Bonchev–Trinajstić information content (AvgIpc) is 2.63. The summed E-state index contributed by atoms with van der Waals surface area (Å²) in [7, 11) is 0. The van der Waals surface area contributed by atoms with E-state index in [0.29, 0.717) is 16.4 Å². The van der Waals surface area contributed by atoms with Gasteiger partial charge in [-0.25, -0.2) is 4.68 Å². The fourth-order valence-corrected chi connectivity index (χ4v) is 3.56. The Balaban J connectivity index is 1.76. The third kappa shape index (κ3) is 4.02. The van der Waals surface area contributed by atoms with Crippen molar-refractivity contribution in [1.29, 1.82) is 0 Å². The van der Waals surface area contributed by atoms with Crippen molar-refractivity contribution < 1.29 is 4.79 Å². The number of carbonyl (C=O) groups is 1. The number of aromatic nitrogens is 2. The van der Waals surface area contributed by atoms with E-state index in [-0.39, 0.29) is 11.6 Å². The molecule has 0 radical (unpaired) electrons. The molecule has 0 spiro atoms. The largest absolute Gasteiger partial charge is 0.369 e. The number of halogens is 2. The Kier molecular flexibility index (Phi) is 5.84. The predicted octanol–water partition coefficient (Wildman–Crippen LogP) is 3.49. The van der Waals surface area contributed by atoms with Gasteiger partial charge in [0.2, 0.25) is 5.91 Å². The quantitative estimate of drug-likeness (QED) is 0.861. The topological polar surface area (TPSA) is 67.2 Å². The first-order valence-electron chi connectivity index (χ1n) is 8.53. The molecular formula is C18H20Cl2N4O2. The van der Waals surface area contributed by atoms with Crippen LogP contribution in [0.15, 0.2) is 29.2 Å². The van der Waals surface area contributed by atoms with E-state index in [1.165, 1.54) is 6.42 Å². The number of aryl methyl sites for hydroxylation is 1. The Labute approximate surface area is 161 Å². The molecule has 1 N–H and O–H groups in total. The molecule has 2 aromatic rings. The van der Waals surface area contributed by atoms with Crippen LogP contribution in [0.3, 0.4) is 0 Å². The van der Waals surface area contributed by atoms with Gasteiger partial charge in [-0.15, -0.1) is 0 Å². The van der Waals surface area contributed by atoms with E-state index in [4.69, 9.17) is 23.2 Å². The highest BCUT2D eigenvalue weighted by molar-refractivity contribution is 6.34. The van der Waals surface area contributed by atoms with Crippen LogP contribution in [-0.4, -0.2) is 28.8 Å². The minimum Gasteiger partial charge on any atom is -0.369 e. The average molecular weight is 395 g/mol. The molecule has 0 atom stereocenters. The summed E-state index contributed by atoms with van der Waals surface area (Å²) in [4.78, 5) is 26.9. The standard InChI is InChI=1S/C18H20Cl2N4O2/c1-12-6-5-7-13(19)17(12)22-15(25)11-24-18(26)16(20)14(10-21-24)23-8-3-2-4-9-23/h5-7,10H,2-4,8-9,11H2,1H3,(H,22,25). The normalized spacial score (nSPS) is 14.3. The number of hydrogen-bond acceptors (Lipinski definition) is 4. The monoisotopic (exact) mass is 394 g/mol. The predicted molar refractivity (Wildman–Crippen MR) is 104 cm³/mol. The smallest absolute Gasteiger partial charge is 0.288 e. The van der Waals surface area contributed by atoms with Crippen LogP contribution in [0.2, 0.25) is 10.0 Å².